The second-order valence-electron chi connectivity index (χ2n) is 8.90. The molecule has 3 heteroatoms. The fourth-order valence-corrected chi connectivity index (χ4v) is 12.7. The van der Waals surface area contributed by atoms with Gasteiger partial charge in [0, 0.05) is 27.1 Å². The van der Waals surface area contributed by atoms with Crippen LogP contribution in [0.2, 0.25) is 16.6 Å². The minimum Gasteiger partial charge on any atom is -0.373 e. The molecule has 1 aliphatic rings. The number of nitrogens with zero attached hydrogens (tertiary/aromatic N) is 1. The Morgan fingerprint density at radius 2 is 1.62 bits per heavy atom. The van der Waals surface area contributed by atoms with Crippen molar-refractivity contribution in [1.29, 1.82) is 0 Å². The van der Waals surface area contributed by atoms with E-state index in [2.05, 4.69) is 92.2 Å². The van der Waals surface area contributed by atoms with Crippen molar-refractivity contribution in [3.63, 3.8) is 0 Å². The molecule has 0 saturated heterocycles. The number of fused-ring (bicyclic) bond motifs is 1. The van der Waals surface area contributed by atoms with Crippen LogP contribution in [0.5, 0.6) is 0 Å². The lowest BCUT2D eigenvalue weighted by molar-refractivity contribution is 0.741. The molecule has 0 saturated carbocycles. The van der Waals surface area contributed by atoms with Gasteiger partial charge in [0.15, 0.2) is 8.24 Å². The highest BCUT2D eigenvalue weighted by atomic mass is 79.9. The van der Waals surface area contributed by atoms with E-state index in [0.717, 1.165) is 0 Å². The number of allylic oxidation sites excluding steroid dienone is 2. The molecule has 0 radical (unpaired) electrons. The number of hydrogen-bond donors (Lipinski definition) is 0. The molecular formula is C23H34BrNSi. The second-order valence-corrected chi connectivity index (χ2v) is 15.5. The van der Waals surface area contributed by atoms with Gasteiger partial charge in [-0.3, -0.25) is 0 Å². The number of rotatable bonds is 5. The van der Waals surface area contributed by atoms with Gasteiger partial charge in [0.25, 0.3) is 0 Å². The minimum atomic E-state index is -1.75. The Labute approximate surface area is 169 Å². The van der Waals surface area contributed by atoms with E-state index >= 15 is 0 Å². The van der Waals surface area contributed by atoms with Gasteiger partial charge in [0.05, 0.1) is 0 Å². The summed E-state index contributed by atoms with van der Waals surface area (Å²) in [5.74, 6) is 0. The van der Waals surface area contributed by atoms with Crippen LogP contribution >= 0.6 is 15.9 Å². The van der Waals surface area contributed by atoms with Crippen molar-refractivity contribution in [2.45, 2.75) is 83.8 Å². The number of benzene rings is 1. The molecule has 0 amide bonds. The Kier molecular flexibility index (Phi) is 5.88. The van der Waals surface area contributed by atoms with Gasteiger partial charge in [0.2, 0.25) is 0 Å². The van der Waals surface area contributed by atoms with E-state index in [9.17, 15) is 0 Å². The molecule has 1 nitrogen and oxygen atoms in total. The summed E-state index contributed by atoms with van der Waals surface area (Å²) >= 11 is 3.72. The van der Waals surface area contributed by atoms with Crippen LogP contribution in [0.25, 0.3) is 16.5 Å². The summed E-state index contributed by atoms with van der Waals surface area (Å²) in [5, 5.41) is 1.44. The molecule has 0 fully saturated rings. The monoisotopic (exact) mass is 431 g/mol. The van der Waals surface area contributed by atoms with Gasteiger partial charge >= 0.3 is 0 Å². The maximum atomic E-state index is 3.72. The topological polar surface area (TPSA) is 4.93 Å². The van der Waals surface area contributed by atoms with Crippen LogP contribution in [-0.4, -0.2) is 12.5 Å². The minimum absolute atomic E-state index is 0.704. The lowest BCUT2D eigenvalue weighted by atomic mass is 9.93. The van der Waals surface area contributed by atoms with E-state index in [1.165, 1.54) is 46.6 Å². The molecular weight excluding hydrogens is 398 g/mol. The molecule has 1 heterocycles. The van der Waals surface area contributed by atoms with Gasteiger partial charge in [-0.15, -0.1) is 0 Å². The Hall–Kier alpha value is -0.803. The van der Waals surface area contributed by atoms with E-state index in [1.807, 2.05) is 0 Å². The highest BCUT2D eigenvalue weighted by Crippen LogP contribution is 2.46. The molecule has 0 atom stereocenters. The van der Waals surface area contributed by atoms with Crippen molar-refractivity contribution in [2.75, 3.05) is 0 Å². The Balaban J connectivity index is 2.34. The molecule has 1 aromatic heterocycles. The van der Waals surface area contributed by atoms with E-state index in [-0.39, 0.29) is 0 Å². The summed E-state index contributed by atoms with van der Waals surface area (Å²) in [7, 11) is -1.75. The van der Waals surface area contributed by atoms with Crippen LogP contribution in [0.15, 0.2) is 34.9 Å². The van der Waals surface area contributed by atoms with Crippen LogP contribution in [0, 0.1) is 0 Å². The number of halogens is 1. The first-order chi connectivity index (χ1) is 12.3. The summed E-state index contributed by atoms with van der Waals surface area (Å²) < 4.78 is 3.96. The third kappa shape index (κ3) is 3.15. The van der Waals surface area contributed by atoms with Gasteiger partial charge in [0.1, 0.15) is 0 Å². The molecule has 0 spiro atoms. The predicted octanol–water partition coefficient (Wildman–Crippen LogP) is 8.38. The van der Waals surface area contributed by atoms with Gasteiger partial charge in [-0.2, -0.15) is 0 Å². The SMILES string of the molecule is CC(C)[Si](C(C)C)(C(C)C)n1cc(C2=CCCCC2)c2cc(Br)ccc21. The van der Waals surface area contributed by atoms with Crippen LogP contribution in [0.4, 0.5) is 0 Å². The average Bonchev–Trinajstić information content (AvgIpc) is 2.94. The largest absolute Gasteiger partial charge is 0.373 e. The highest BCUT2D eigenvalue weighted by Gasteiger charge is 2.46. The average molecular weight is 433 g/mol. The fraction of sp³-hybridized carbons (Fsp3) is 0.565. The highest BCUT2D eigenvalue weighted by molar-refractivity contribution is 9.10. The fourth-order valence-electron chi connectivity index (χ4n) is 5.70. The molecule has 0 bridgehead atoms. The van der Waals surface area contributed by atoms with Crippen molar-refractivity contribution in [3.8, 4) is 0 Å². The molecule has 0 aliphatic heterocycles. The smallest absolute Gasteiger partial charge is 0.169 e. The molecule has 1 aliphatic carbocycles. The maximum absolute atomic E-state index is 3.72. The second kappa shape index (κ2) is 7.67. The molecule has 3 rings (SSSR count). The van der Waals surface area contributed by atoms with Crippen LogP contribution in [-0.2, 0) is 0 Å². The number of aromatic nitrogens is 1. The summed E-state index contributed by atoms with van der Waals surface area (Å²) in [5.41, 5.74) is 6.61. The summed E-state index contributed by atoms with van der Waals surface area (Å²) in [6.45, 7) is 14.7. The normalized spacial score (nSPS) is 16.2. The van der Waals surface area contributed by atoms with Gasteiger partial charge in [-0.25, -0.2) is 0 Å². The quantitative estimate of drug-likeness (QED) is 0.418. The van der Waals surface area contributed by atoms with Crippen molar-refractivity contribution < 1.29 is 0 Å². The van der Waals surface area contributed by atoms with E-state index in [4.69, 9.17) is 0 Å². The summed E-state index contributed by atoms with van der Waals surface area (Å²) in [6.07, 6.45) is 10.2. The lowest BCUT2D eigenvalue weighted by Crippen LogP contribution is -2.51. The van der Waals surface area contributed by atoms with E-state index in [0.29, 0.717) is 16.6 Å². The zero-order valence-corrected chi connectivity index (χ0v) is 19.9. The van der Waals surface area contributed by atoms with E-state index < -0.39 is 8.24 Å². The predicted molar refractivity (Wildman–Crippen MR) is 123 cm³/mol. The third-order valence-corrected chi connectivity index (χ3v) is 13.8. The van der Waals surface area contributed by atoms with Crippen LogP contribution in [0.1, 0.15) is 72.8 Å². The van der Waals surface area contributed by atoms with Crippen molar-refractivity contribution in [2.24, 2.45) is 0 Å². The zero-order chi connectivity index (χ0) is 19.1. The van der Waals surface area contributed by atoms with Crippen LogP contribution in [0.3, 0.4) is 0 Å². The van der Waals surface area contributed by atoms with Crippen LogP contribution < -0.4 is 0 Å². The van der Waals surface area contributed by atoms with E-state index in [1.54, 1.807) is 5.57 Å². The van der Waals surface area contributed by atoms with Crippen molar-refractivity contribution in [3.05, 3.63) is 40.5 Å². The number of hydrogen-bond acceptors (Lipinski definition) is 0. The lowest BCUT2D eigenvalue weighted by Gasteiger charge is -2.44. The molecule has 26 heavy (non-hydrogen) atoms. The maximum Gasteiger partial charge on any atom is 0.169 e. The summed E-state index contributed by atoms with van der Waals surface area (Å²) in [6, 6.07) is 6.91. The molecule has 142 valence electrons. The molecule has 0 unspecified atom stereocenters. The first-order valence-corrected chi connectivity index (χ1v) is 13.3. The standard InChI is InChI=1S/C23H34BrNSi/c1-16(2)26(17(3)4,18(5)6)25-15-22(19-10-8-7-9-11-19)21-14-20(24)12-13-23(21)25/h10,12-18H,7-9,11H2,1-6H3. The molecule has 2 aromatic rings. The van der Waals surface area contributed by atoms with Gasteiger partial charge < -0.3 is 4.23 Å². The third-order valence-electron chi connectivity index (χ3n) is 6.60. The Bertz CT molecular complexity index is 791. The Morgan fingerprint density at radius 1 is 0.962 bits per heavy atom. The summed E-state index contributed by atoms with van der Waals surface area (Å²) in [4.78, 5) is 0. The first-order valence-electron chi connectivity index (χ1n) is 10.3. The Morgan fingerprint density at radius 3 is 2.15 bits per heavy atom. The molecule has 0 N–H and O–H groups in total. The molecule has 1 aromatic carbocycles. The zero-order valence-electron chi connectivity index (χ0n) is 17.3. The van der Waals surface area contributed by atoms with Crippen molar-refractivity contribution in [1.82, 2.24) is 4.23 Å². The van der Waals surface area contributed by atoms with Crippen molar-refractivity contribution >= 4 is 40.6 Å². The first kappa shape index (κ1) is 19.9. The van der Waals surface area contributed by atoms with Gasteiger partial charge in [-0.1, -0.05) is 63.5 Å². The van der Waals surface area contributed by atoms with Gasteiger partial charge in [-0.05, 0) is 66.1 Å².